The Bertz CT molecular complexity index is 476. The average molecular weight is 214 g/mol. The molecule has 0 bridgehead atoms. The van der Waals surface area contributed by atoms with Gasteiger partial charge < -0.3 is 10.7 Å². The van der Waals surface area contributed by atoms with Crippen molar-refractivity contribution in [2.45, 2.75) is 25.3 Å². The molecule has 0 aliphatic carbocycles. The van der Waals surface area contributed by atoms with Crippen LogP contribution in [-0.2, 0) is 6.42 Å². The van der Waals surface area contributed by atoms with Crippen molar-refractivity contribution in [3.63, 3.8) is 0 Å². The van der Waals surface area contributed by atoms with Gasteiger partial charge in [0.2, 0.25) is 0 Å². The zero-order chi connectivity index (χ0) is 11.4. The first kappa shape index (κ1) is 10.7. The van der Waals surface area contributed by atoms with Crippen molar-refractivity contribution in [3.05, 3.63) is 30.1 Å². The molecule has 0 aliphatic heterocycles. The summed E-state index contributed by atoms with van der Waals surface area (Å²) in [7, 11) is 0. The van der Waals surface area contributed by atoms with Crippen molar-refractivity contribution >= 4 is 11.0 Å². The number of rotatable bonds is 4. The first-order chi connectivity index (χ1) is 7.79. The first-order valence-corrected chi connectivity index (χ1v) is 5.38. The fourth-order valence-corrected chi connectivity index (χ4v) is 1.68. The number of aromatic nitrogens is 2. The first-order valence-electron chi connectivity index (χ1n) is 5.38. The molecule has 4 heteroatoms. The topological polar surface area (TPSA) is 78.5 Å². The van der Waals surface area contributed by atoms with Crippen LogP contribution < -0.4 is 5.73 Å². The van der Waals surface area contributed by atoms with E-state index < -0.39 is 0 Å². The van der Waals surface area contributed by atoms with Crippen molar-refractivity contribution in [3.8, 4) is 6.07 Å². The number of nitrogens with one attached hydrogen (secondary N) is 1. The molecule has 0 amide bonds. The third kappa shape index (κ3) is 2.38. The van der Waals surface area contributed by atoms with Crippen LogP contribution in [0, 0.1) is 11.3 Å². The zero-order valence-electron chi connectivity index (χ0n) is 8.98. The summed E-state index contributed by atoms with van der Waals surface area (Å²) in [6.07, 6.45) is 2.44. The third-order valence-corrected chi connectivity index (χ3v) is 2.53. The molecule has 1 unspecified atom stereocenters. The van der Waals surface area contributed by atoms with E-state index in [0.717, 1.165) is 29.7 Å². The second-order valence-corrected chi connectivity index (χ2v) is 3.83. The molecule has 16 heavy (non-hydrogen) atoms. The van der Waals surface area contributed by atoms with Gasteiger partial charge in [-0.05, 0) is 25.0 Å². The predicted octanol–water partition coefficient (Wildman–Crippen LogP) is 1.74. The Hall–Kier alpha value is -1.86. The molecule has 0 aliphatic rings. The quantitative estimate of drug-likeness (QED) is 0.813. The summed E-state index contributed by atoms with van der Waals surface area (Å²) in [5.41, 5.74) is 7.57. The molecule has 0 spiro atoms. The zero-order valence-corrected chi connectivity index (χ0v) is 8.98. The molecule has 0 fully saturated rings. The maximum atomic E-state index is 8.55. The number of nitrogens with zero attached hydrogens (tertiary/aromatic N) is 2. The Morgan fingerprint density at radius 2 is 2.25 bits per heavy atom. The van der Waals surface area contributed by atoms with E-state index in [0.29, 0.717) is 6.42 Å². The Kier molecular flexibility index (Phi) is 3.18. The minimum absolute atomic E-state index is 0.357. The molecule has 1 aromatic heterocycles. The summed E-state index contributed by atoms with van der Waals surface area (Å²) in [5, 5.41) is 8.55. The lowest BCUT2D eigenvalue weighted by Crippen LogP contribution is -2.16. The van der Waals surface area contributed by atoms with Crippen LogP contribution in [0.1, 0.15) is 18.7 Å². The van der Waals surface area contributed by atoms with Gasteiger partial charge in [-0.25, -0.2) is 4.98 Å². The molecule has 4 nitrogen and oxygen atoms in total. The molecule has 1 heterocycles. The van der Waals surface area contributed by atoms with Crippen LogP contribution in [-0.4, -0.2) is 16.0 Å². The van der Waals surface area contributed by atoms with Crippen molar-refractivity contribution in [1.29, 1.82) is 5.26 Å². The molecule has 1 aromatic carbocycles. The molecule has 3 N–H and O–H groups in total. The molecular formula is C12H14N4. The number of fused-ring (bicyclic) bond motifs is 1. The van der Waals surface area contributed by atoms with Gasteiger partial charge >= 0.3 is 0 Å². The number of aryl methyl sites for hydroxylation is 1. The molecule has 0 saturated carbocycles. The Balaban J connectivity index is 1.97. The fraction of sp³-hybridized carbons (Fsp3) is 0.333. The molecular weight excluding hydrogens is 200 g/mol. The summed E-state index contributed by atoms with van der Waals surface area (Å²) in [4.78, 5) is 7.71. The van der Waals surface area contributed by atoms with E-state index in [2.05, 4.69) is 9.97 Å². The normalized spacial score (nSPS) is 12.5. The third-order valence-electron chi connectivity index (χ3n) is 2.53. The number of aromatic amines is 1. The van der Waals surface area contributed by atoms with E-state index in [4.69, 9.17) is 11.0 Å². The van der Waals surface area contributed by atoms with Crippen LogP contribution in [0.4, 0.5) is 0 Å². The fourth-order valence-electron chi connectivity index (χ4n) is 1.68. The highest BCUT2D eigenvalue weighted by molar-refractivity contribution is 5.74. The maximum absolute atomic E-state index is 8.55. The second kappa shape index (κ2) is 4.77. The van der Waals surface area contributed by atoms with E-state index in [1.165, 1.54) is 0 Å². The minimum atomic E-state index is -0.357. The van der Waals surface area contributed by atoms with E-state index in [1.54, 1.807) is 0 Å². The Morgan fingerprint density at radius 1 is 1.44 bits per heavy atom. The number of hydrogen-bond acceptors (Lipinski definition) is 3. The van der Waals surface area contributed by atoms with Gasteiger partial charge in [0.25, 0.3) is 0 Å². The average Bonchev–Trinajstić information content (AvgIpc) is 2.71. The van der Waals surface area contributed by atoms with Crippen LogP contribution in [0.5, 0.6) is 0 Å². The van der Waals surface area contributed by atoms with Gasteiger partial charge in [0.15, 0.2) is 0 Å². The van der Waals surface area contributed by atoms with Crippen LogP contribution in [0.15, 0.2) is 24.3 Å². The smallest absolute Gasteiger partial charge is 0.107 e. The number of H-pyrrole nitrogens is 1. The maximum Gasteiger partial charge on any atom is 0.107 e. The molecule has 0 saturated heterocycles. The van der Waals surface area contributed by atoms with Gasteiger partial charge in [-0.2, -0.15) is 5.26 Å². The molecule has 1 atom stereocenters. The highest BCUT2D eigenvalue weighted by Crippen LogP contribution is 2.11. The van der Waals surface area contributed by atoms with Crippen molar-refractivity contribution in [2.24, 2.45) is 5.73 Å². The monoisotopic (exact) mass is 214 g/mol. The summed E-state index contributed by atoms with van der Waals surface area (Å²) < 4.78 is 0. The van der Waals surface area contributed by atoms with Gasteiger partial charge in [0, 0.05) is 6.42 Å². The van der Waals surface area contributed by atoms with Crippen molar-refractivity contribution < 1.29 is 0 Å². The molecule has 2 aromatic rings. The number of nitriles is 1. The van der Waals surface area contributed by atoms with E-state index >= 15 is 0 Å². The summed E-state index contributed by atoms with van der Waals surface area (Å²) in [6.45, 7) is 0. The molecule has 0 radical (unpaired) electrons. The molecule has 82 valence electrons. The van der Waals surface area contributed by atoms with Crippen LogP contribution in [0.3, 0.4) is 0 Å². The van der Waals surface area contributed by atoms with Gasteiger partial charge in [-0.3, -0.25) is 0 Å². The standard InChI is InChI=1S/C12H14N4/c13-8-9(14)4-3-7-12-15-10-5-1-2-6-11(10)16-12/h1-2,5-6,9H,3-4,7,14H2,(H,15,16). The van der Waals surface area contributed by atoms with Crippen molar-refractivity contribution in [1.82, 2.24) is 9.97 Å². The number of nitrogens with two attached hydrogens (primary N) is 1. The lowest BCUT2D eigenvalue weighted by molar-refractivity contribution is 0.662. The van der Waals surface area contributed by atoms with Gasteiger partial charge in [-0.1, -0.05) is 12.1 Å². The minimum Gasteiger partial charge on any atom is -0.342 e. The number of para-hydroxylation sites is 2. The number of hydrogen-bond donors (Lipinski definition) is 2. The number of imidazole rings is 1. The van der Waals surface area contributed by atoms with E-state index in [-0.39, 0.29) is 6.04 Å². The summed E-state index contributed by atoms with van der Waals surface area (Å²) >= 11 is 0. The van der Waals surface area contributed by atoms with Crippen LogP contribution in [0.2, 0.25) is 0 Å². The van der Waals surface area contributed by atoms with Crippen LogP contribution >= 0.6 is 0 Å². The lowest BCUT2D eigenvalue weighted by Gasteiger charge is -1.99. The van der Waals surface area contributed by atoms with Gasteiger partial charge in [0.05, 0.1) is 23.1 Å². The second-order valence-electron chi connectivity index (χ2n) is 3.83. The largest absolute Gasteiger partial charge is 0.342 e. The van der Waals surface area contributed by atoms with E-state index in [9.17, 15) is 0 Å². The van der Waals surface area contributed by atoms with Crippen LogP contribution in [0.25, 0.3) is 11.0 Å². The SMILES string of the molecule is N#CC(N)CCCc1nc2ccccc2[nH]1. The predicted molar refractivity (Wildman–Crippen MR) is 62.6 cm³/mol. The van der Waals surface area contributed by atoms with Crippen molar-refractivity contribution in [2.75, 3.05) is 0 Å². The molecule has 2 rings (SSSR count). The van der Waals surface area contributed by atoms with Gasteiger partial charge in [0.1, 0.15) is 5.82 Å². The van der Waals surface area contributed by atoms with E-state index in [1.807, 2.05) is 30.3 Å². The van der Waals surface area contributed by atoms with Gasteiger partial charge in [-0.15, -0.1) is 0 Å². The lowest BCUT2D eigenvalue weighted by atomic mass is 10.1. The highest BCUT2D eigenvalue weighted by atomic mass is 14.9. The summed E-state index contributed by atoms with van der Waals surface area (Å²) in [6, 6.07) is 9.61. The summed E-state index contributed by atoms with van der Waals surface area (Å²) in [5.74, 6) is 0.964. The Morgan fingerprint density at radius 3 is 3.00 bits per heavy atom. The Labute approximate surface area is 94.1 Å². The highest BCUT2D eigenvalue weighted by Gasteiger charge is 2.03. The number of benzene rings is 1.